The van der Waals surface area contributed by atoms with Crippen LogP contribution < -0.4 is 10.6 Å². The van der Waals surface area contributed by atoms with Crippen molar-refractivity contribution in [2.45, 2.75) is 58.0 Å². The number of hydrogen-bond donors (Lipinski definition) is 3. The summed E-state index contributed by atoms with van der Waals surface area (Å²) in [5.41, 5.74) is 0. The molecule has 118 valence electrons. The van der Waals surface area contributed by atoms with Gasteiger partial charge in [0.1, 0.15) is 6.04 Å². The number of carboxylic acids is 1. The molecule has 0 saturated heterocycles. The molecule has 1 unspecified atom stereocenters. The van der Waals surface area contributed by atoms with E-state index in [0.717, 1.165) is 19.3 Å². The minimum absolute atomic E-state index is 0.0405. The average molecular weight is 288 g/mol. The summed E-state index contributed by atoms with van der Waals surface area (Å²) in [5, 5.41) is 14.9. The van der Waals surface area contributed by atoms with E-state index in [1.807, 2.05) is 13.8 Å². The van der Waals surface area contributed by atoms with Crippen molar-refractivity contribution in [3.05, 3.63) is 0 Å². The summed E-state index contributed by atoms with van der Waals surface area (Å²) in [6.45, 7) is 5.22. The summed E-state index contributed by atoms with van der Waals surface area (Å²) in [6, 6.07) is -0.611. The van der Waals surface area contributed by atoms with Crippen LogP contribution in [0.25, 0.3) is 0 Å². The third kappa shape index (κ3) is 9.75. The van der Waals surface area contributed by atoms with Gasteiger partial charge in [0.2, 0.25) is 5.91 Å². The Kier molecular flexibility index (Phi) is 11.0. The van der Waals surface area contributed by atoms with Crippen LogP contribution in [-0.2, 0) is 14.3 Å². The number of amides is 1. The molecule has 0 radical (unpaired) electrons. The molecule has 0 aliphatic rings. The van der Waals surface area contributed by atoms with Gasteiger partial charge in [0.25, 0.3) is 0 Å². The zero-order chi connectivity index (χ0) is 15.4. The SMILES string of the molecule is CCCCN[C@@H](CCC(=O)NC(C)CCOC)C(=O)O. The van der Waals surface area contributed by atoms with Gasteiger partial charge >= 0.3 is 5.97 Å². The minimum atomic E-state index is -0.902. The molecule has 1 amide bonds. The number of carbonyl (C=O) groups is 2. The summed E-state index contributed by atoms with van der Waals surface area (Å²) >= 11 is 0. The Bertz CT molecular complexity index is 284. The highest BCUT2D eigenvalue weighted by Gasteiger charge is 2.18. The molecule has 20 heavy (non-hydrogen) atoms. The number of carbonyl (C=O) groups excluding carboxylic acids is 1. The van der Waals surface area contributed by atoms with E-state index in [1.54, 1.807) is 7.11 Å². The van der Waals surface area contributed by atoms with Gasteiger partial charge in [0, 0.05) is 26.2 Å². The van der Waals surface area contributed by atoms with Crippen LogP contribution in [0.1, 0.15) is 46.0 Å². The topological polar surface area (TPSA) is 87.7 Å². The molecule has 0 heterocycles. The zero-order valence-electron chi connectivity index (χ0n) is 12.8. The molecule has 0 aromatic carbocycles. The molecule has 6 heteroatoms. The first kappa shape index (κ1) is 18.9. The first-order chi connectivity index (χ1) is 9.51. The van der Waals surface area contributed by atoms with Crippen molar-refractivity contribution in [3.8, 4) is 0 Å². The smallest absolute Gasteiger partial charge is 0.320 e. The molecule has 6 nitrogen and oxygen atoms in total. The van der Waals surface area contributed by atoms with Crippen LogP contribution in [-0.4, -0.2) is 49.3 Å². The fraction of sp³-hybridized carbons (Fsp3) is 0.857. The monoisotopic (exact) mass is 288 g/mol. The maximum atomic E-state index is 11.7. The fourth-order valence-electron chi connectivity index (χ4n) is 1.76. The molecule has 2 atom stereocenters. The largest absolute Gasteiger partial charge is 0.480 e. The van der Waals surface area contributed by atoms with E-state index in [4.69, 9.17) is 9.84 Å². The summed E-state index contributed by atoms with van der Waals surface area (Å²) in [6.07, 6.45) is 3.22. The highest BCUT2D eigenvalue weighted by atomic mass is 16.5. The fourth-order valence-corrected chi connectivity index (χ4v) is 1.76. The quantitative estimate of drug-likeness (QED) is 0.469. The van der Waals surface area contributed by atoms with Gasteiger partial charge in [-0.15, -0.1) is 0 Å². The standard InChI is InChI=1S/C14H28N2O4/c1-4-5-9-15-12(14(18)19)6-7-13(17)16-11(2)8-10-20-3/h11-12,15H,4-10H2,1-3H3,(H,16,17)(H,18,19)/t11?,12-/m0/s1. The lowest BCUT2D eigenvalue weighted by Gasteiger charge is -2.16. The van der Waals surface area contributed by atoms with Crippen molar-refractivity contribution in [3.63, 3.8) is 0 Å². The number of methoxy groups -OCH3 is 1. The first-order valence-electron chi connectivity index (χ1n) is 7.25. The van der Waals surface area contributed by atoms with E-state index < -0.39 is 12.0 Å². The Hall–Kier alpha value is -1.14. The Balaban J connectivity index is 3.95. The zero-order valence-corrected chi connectivity index (χ0v) is 12.8. The lowest BCUT2D eigenvalue weighted by atomic mass is 10.1. The van der Waals surface area contributed by atoms with Crippen LogP contribution in [0.5, 0.6) is 0 Å². The summed E-state index contributed by atoms with van der Waals surface area (Å²) < 4.78 is 4.94. The normalized spacial score (nSPS) is 13.8. The molecule has 0 aliphatic heterocycles. The number of hydrogen-bond acceptors (Lipinski definition) is 4. The van der Waals surface area contributed by atoms with Crippen LogP contribution in [0.15, 0.2) is 0 Å². The highest BCUT2D eigenvalue weighted by molar-refractivity contribution is 5.78. The molecular formula is C14H28N2O4. The molecule has 0 aromatic rings. The molecule has 0 spiro atoms. The van der Waals surface area contributed by atoms with E-state index in [9.17, 15) is 9.59 Å². The number of rotatable bonds is 12. The maximum Gasteiger partial charge on any atom is 0.320 e. The number of carboxylic acid groups (broad SMARTS) is 1. The van der Waals surface area contributed by atoms with Crippen LogP contribution in [0.3, 0.4) is 0 Å². The number of nitrogens with one attached hydrogen (secondary N) is 2. The lowest BCUT2D eigenvalue weighted by Crippen LogP contribution is -2.39. The molecule has 0 fully saturated rings. The van der Waals surface area contributed by atoms with Gasteiger partial charge in [0.05, 0.1) is 0 Å². The summed E-state index contributed by atoms with van der Waals surface area (Å²) in [5.74, 6) is -1.02. The highest BCUT2D eigenvalue weighted by Crippen LogP contribution is 2.00. The van der Waals surface area contributed by atoms with Gasteiger partial charge in [-0.3, -0.25) is 9.59 Å². The molecule has 0 aliphatic carbocycles. The molecule has 0 rings (SSSR count). The van der Waals surface area contributed by atoms with Crippen molar-refractivity contribution >= 4 is 11.9 Å². The lowest BCUT2D eigenvalue weighted by molar-refractivity contribution is -0.139. The second-order valence-electron chi connectivity index (χ2n) is 4.99. The third-order valence-electron chi connectivity index (χ3n) is 3.04. The van der Waals surface area contributed by atoms with Crippen LogP contribution in [0.2, 0.25) is 0 Å². The van der Waals surface area contributed by atoms with Gasteiger partial charge in [-0.05, 0) is 32.7 Å². The number of aliphatic carboxylic acids is 1. The first-order valence-corrected chi connectivity index (χ1v) is 7.25. The molecule has 0 aromatic heterocycles. The Morgan fingerprint density at radius 3 is 2.55 bits per heavy atom. The maximum absolute atomic E-state index is 11.7. The van der Waals surface area contributed by atoms with Crippen LogP contribution >= 0.6 is 0 Å². The molecule has 0 bridgehead atoms. The van der Waals surface area contributed by atoms with E-state index in [0.29, 0.717) is 19.6 Å². The second kappa shape index (κ2) is 11.7. The molecule has 0 saturated carbocycles. The van der Waals surface area contributed by atoms with E-state index in [-0.39, 0.29) is 18.4 Å². The van der Waals surface area contributed by atoms with Crippen molar-refractivity contribution in [2.75, 3.05) is 20.3 Å². The van der Waals surface area contributed by atoms with Crippen molar-refractivity contribution in [1.82, 2.24) is 10.6 Å². The van der Waals surface area contributed by atoms with Crippen molar-refractivity contribution in [2.24, 2.45) is 0 Å². The molecule has 3 N–H and O–H groups in total. The van der Waals surface area contributed by atoms with Crippen LogP contribution in [0.4, 0.5) is 0 Å². The van der Waals surface area contributed by atoms with Gasteiger partial charge in [-0.1, -0.05) is 13.3 Å². The predicted octanol–water partition coefficient (Wildman–Crippen LogP) is 1.15. The minimum Gasteiger partial charge on any atom is -0.480 e. The Morgan fingerprint density at radius 2 is 2.00 bits per heavy atom. The number of ether oxygens (including phenoxy) is 1. The van der Waals surface area contributed by atoms with Crippen molar-refractivity contribution in [1.29, 1.82) is 0 Å². The second-order valence-corrected chi connectivity index (χ2v) is 4.99. The average Bonchev–Trinajstić information content (AvgIpc) is 2.39. The van der Waals surface area contributed by atoms with E-state index in [1.165, 1.54) is 0 Å². The van der Waals surface area contributed by atoms with Gasteiger partial charge in [-0.2, -0.15) is 0 Å². The number of unbranched alkanes of at least 4 members (excludes halogenated alkanes) is 1. The van der Waals surface area contributed by atoms with Gasteiger partial charge in [-0.25, -0.2) is 0 Å². The van der Waals surface area contributed by atoms with Crippen molar-refractivity contribution < 1.29 is 19.4 Å². The van der Waals surface area contributed by atoms with E-state index >= 15 is 0 Å². The van der Waals surface area contributed by atoms with Crippen LogP contribution in [0, 0.1) is 0 Å². The summed E-state index contributed by atoms with van der Waals surface area (Å²) in [4.78, 5) is 22.8. The Labute approximate surface area is 121 Å². The predicted molar refractivity (Wildman–Crippen MR) is 77.7 cm³/mol. The van der Waals surface area contributed by atoms with Gasteiger partial charge < -0.3 is 20.5 Å². The summed E-state index contributed by atoms with van der Waals surface area (Å²) in [7, 11) is 1.62. The van der Waals surface area contributed by atoms with Gasteiger partial charge in [0.15, 0.2) is 0 Å². The van der Waals surface area contributed by atoms with E-state index in [2.05, 4.69) is 10.6 Å². The molecular weight excluding hydrogens is 260 g/mol. The Morgan fingerprint density at radius 1 is 1.30 bits per heavy atom. The third-order valence-corrected chi connectivity index (χ3v) is 3.04.